The number of benzene rings is 2. The van der Waals surface area contributed by atoms with E-state index in [1.54, 1.807) is 0 Å². The second kappa shape index (κ2) is 7.74. The smallest absolute Gasteiger partial charge is 0.234 e. The fourth-order valence-electron chi connectivity index (χ4n) is 3.29. The molecule has 1 aliphatic rings. The Bertz CT molecular complexity index is 763. The van der Waals surface area contributed by atoms with E-state index in [4.69, 9.17) is 0 Å². The van der Waals surface area contributed by atoms with Crippen molar-refractivity contribution in [1.82, 2.24) is 10.6 Å². The largest absolute Gasteiger partial charge is 0.348 e. The van der Waals surface area contributed by atoms with Gasteiger partial charge in [-0.1, -0.05) is 30.3 Å². The van der Waals surface area contributed by atoms with Crippen LogP contribution in [-0.2, 0) is 11.2 Å². The molecule has 2 N–H and O–H groups in total. The highest BCUT2D eigenvalue weighted by molar-refractivity contribution is 5.78. The Morgan fingerprint density at radius 2 is 2.00 bits per heavy atom. The Morgan fingerprint density at radius 1 is 1.20 bits per heavy atom. The maximum atomic E-state index is 13.3. The lowest BCUT2D eigenvalue weighted by atomic mass is 9.88. The third-order valence-corrected chi connectivity index (χ3v) is 4.72. The molecule has 0 unspecified atom stereocenters. The molecule has 2 aromatic rings. The molecule has 3 nitrogen and oxygen atoms in total. The van der Waals surface area contributed by atoms with E-state index in [0.717, 1.165) is 31.4 Å². The lowest BCUT2D eigenvalue weighted by molar-refractivity contribution is -0.121. The van der Waals surface area contributed by atoms with Crippen LogP contribution in [0.5, 0.6) is 0 Å². The second-order valence-corrected chi connectivity index (χ2v) is 6.49. The molecule has 0 aliphatic heterocycles. The van der Waals surface area contributed by atoms with Crippen molar-refractivity contribution in [1.29, 1.82) is 0 Å². The van der Waals surface area contributed by atoms with Crippen molar-refractivity contribution in [3.8, 4) is 0 Å². The van der Waals surface area contributed by atoms with Gasteiger partial charge < -0.3 is 10.6 Å². The normalized spacial score (nSPS) is 17.6. The molecule has 132 valence electrons. The first-order valence-electron chi connectivity index (χ1n) is 8.60. The number of hydrogen-bond acceptors (Lipinski definition) is 2. The second-order valence-electron chi connectivity index (χ2n) is 6.49. The van der Waals surface area contributed by atoms with Gasteiger partial charge in [0.05, 0.1) is 12.6 Å². The van der Waals surface area contributed by atoms with Crippen molar-refractivity contribution in [2.24, 2.45) is 0 Å². The summed E-state index contributed by atoms with van der Waals surface area (Å²) in [5.74, 6) is -1.85. The SMILES string of the molecule is C[C@H](NCC(=O)N[C@@H]1CCCc2ccccc21)c1ccc(F)c(F)c1. The van der Waals surface area contributed by atoms with E-state index in [9.17, 15) is 13.6 Å². The van der Waals surface area contributed by atoms with E-state index in [2.05, 4.69) is 22.8 Å². The summed E-state index contributed by atoms with van der Waals surface area (Å²) in [5.41, 5.74) is 3.09. The number of aryl methyl sites for hydroxylation is 1. The molecule has 25 heavy (non-hydrogen) atoms. The molecule has 0 bridgehead atoms. The average molecular weight is 344 g/mol. The van der Waals surface area contributed by atoms with E-state index in [-0.39, 0.29) is 24.5 Å². The number of rotatable bonds is 5. The minimum absolute atomic E-state index is 0.0396. The molecule has 1 amide bonds. The minimum Gasteiger partial charge on any atom is -0.348 e. The zero-order chi connectivity index (χ0) is 17.8. The molecule has 0 aromatic heterocycles. The summed E-state index contributed by atoms with van der Waals surface area (Å²) in [7, 11) is 0. The van der Waals surface area contributed by atoms with Crippen molar-refractivity contribution in [3.05, 3.63) is 70.8 Å². The summed E-state index contributed by atoms with van der Waals surface area (Å²) in [6.45, 7) is 1.94. The van der Waals surface area contributed by atoms with Crippen molar-refractivity contribution >= 4 is 5.91 Å². The number of amides is 1. The molecular formula is C20H22F2N2O. The Balaban J connectivity index is 1.56. The van der Waals surface area contributed by atoms with E-state index in [1.807, 2.05) is 19.1 Å². The van der Waals surface area contributed by atoms with Gasteiger partial charge in [-0.2, -0.15) is 0 Å². The van der Waals surface area contributed by atoms with E-state index >= 15 is 0 Å². The highest BCUT2D eigenvalue weighted by Gasteiger charge is 2.21. The third kappa shape index (κ3) is 4.23. The standard InChI is InChI=1S/C20H22F2N2O/c1-13(15-9-10-17(21)18(22)11-15)23-12-20(25)24-19-8-4-6-14-5-2-3-7-16(14)19/h2-3,5,7,9-11,13,19,23H,4,6,8,12H2,1H3,(H,24,25)/t13-,19+/m0/s1. The zero-order valence-electron chi connectivity index (χ0n) is 14.2. The summed E-state index contributed by atoms with van der Waals surface area (Å²) in [6.07, 6.45) is 3.04. The van der Waals surface area contributed by atoms with Gasteiger partial charge in [0.2, 0.25) is 5.91 Å². The Morgan fingerprint density at radius 3 is 2.80 bits per heavy atom. The highest BCUT2D eigenvalue weighted by Crippen LogP contribution is 2.29. The summed E-state index contributed by atoms with van der Waals surface area (Å²) >= 11 is 0. The van der Waals surface area contributed by atoms with E-state index in [1.165, 1.54) is 17.2 Å². The first-order chi connectivity index (χ1) is 12.0. The van der Waals surface area contributed by atoms with Crippen LogP contribution >= 0.6 is 0 Å². The topological polar surface area (TPSA) is 41.1 Å². The average Bonchev–Trinajstić information content (AvgIpc) is 2.62. The van der Waals surface area contributed by atoms with Gasteiger partial charge in [-0.05, 0) is 55.0 Å². The third-order valence-electron chi connectivity index (χ3n) is 4.72. The van der Waals surface area contributed by atoms with Crippen LogP contribution in [0.1, 0.15) is 48.5 Å². The van der Waals surface area contributed by atoms with Crippen LogP contribution in [0.3, 0.4) is 0 Å². The quantitative estimate of drug-likeness (QED) is 0.866. The summed E-state index contributed by atoms with van der Waals surface area (Å²) in [6, 6.07) is 11.8. The molecule has 0 saturated heterocycles. The van der Waals surface area contributed by atoms with Gasteiger partial charge in [0.15, 0.2) is 11.6 Å². The van der Waals surface area contributed by atoms with Crippen LogP contribution in [0, 0.1) is 11.6 Å². The van der Waals surface area contributed by atoms with Crippen molar-refractivity contribution in [3.63, 3.8) is 0 Å². The molecule has 2 aromatic carbocycles. The Hall–Kier alpha value is -2.27. The van der Waals surface area contributed by atoms with Gasteiger partial charge in [-0.15, -0.1) is 0 Å². The molecule has 0 spiro atoms. The number of hydrogen-bond donors (Lipinski definition) is 2. The molecular weight excluding hydrogens is 322 g/mol. The van der Waals surface area contributed by atoms with Crippen LogP contribution in [0.4, 0.5) is 8.78 Å². The van der Waals surface area contributed by atoms with Crippen LogP contribution in [0.15, 0.2) is 42.5 Å². The Kier molecular flexibility index (Phi) is 5.43. The summed E-state index contributed by atoms with van der Waals surface area (Å²) in [4.78, 5) is 12.3. The number of carbonyl (C=O) groups excluding carboxylic acids is 1. The molecule has 1 aliphatic carbocycles. The molecule has 0 heterocycles. The molecule has 0 saturated carbocycles. The fraction of sp³-hybridized carbons (Fsp3) is 0.350. The monoisotopic (exact) mass is 344 g/mol. The first kappa shape index (κ1) is 17.5. The molecule has 0 radical (unpaired) electrons. The van der Waals surface area contributed by atoms with Gasteiger partial charge >= 0.3 is 0 Å². The molecule has 5 heteroatoms. The highest BCUT2D eigenvalue weighted by atomic mass is 19.2. The van der Waals surface area contributed by atoms with E-state index in [0.29, 0.717) is 5.56 Å². The fourth-order valence-corrected chi connectivity index (χ4v) is 3.29. The van der Waals surface area contributed by atoms with Gasteiger partial charge in [0.1, 0.15) is 0 Å². The number of halogens is 2. The van der Waals surface area contributed by atoms with Gasteiger partial charge in [0, 0.05) is 6.04 Å². The van der Waals surface area contributed by atoms with Gasteiger partial charge in [-0.3, -0.25) is 4.79 Å². The van der Waals surface area contributed by atoms with Crippen LogP contribution < -0.4 is 10.6 Å². The van der Waals surface area contributed by atoms with Crippen molar-refractivity contribution in [2.75, 3.05) is 6.54 Å². The predicted octanol–water partition coefficient (Wildman–Crippen LogP) is 3.81. The van der Waals surface area contributed by atoms with Crippen LogP contribution in [0.25, 0.3) is 0 Å². The van der Waals surface area contributed by atoms with Crippen molar-refractivity contribution < 1.29 is 13.6 Å². The maximum Gasteiger partial charge on any atom is 0.234 e. The predicted molar refractivity (Wildman–Crippen MR) is 93.0 cm³/mol. The lowest BCUT2D eigenvalue weighted by Gasteiger charge is -2.26. The minimum atomic E-state index is -0.880. The van der Waals surface area contributed by atoms with Crippen molar-refractivity contribution in [2.45, 2.75) is 38.3 Å². The van der Waals surface area contributed by atoms with Crippen LogP contribution in [-0.4, -0.2) is 12.5 Å². The van der Waals surface area contributed by atoms with Gasteiger partial charge in [-0.25, -0.2) is 8.78 Å². The molecule has 0 fully saturated rings. The van der Waals surface area contributed by atoms with E-state index < -0.39 is 11.6 Å². The molecule has 2 atom stereocenters. The summed E-state index contributed by atoms with van der Waals surface area (Å²) in [5, 5.41) is 6.12. The number of nitrogens with one attached hydrogen (secondary N) is 2. The maximum absolute atomic E-state index is 13.3. The van der Waals surface area contributed by atoms with Crippen LogP contribution in [0.2, 0.25) is 0 Å². The number of fused-ring (bicyclic) bond motifs is 1. The molecule has 3 rings (SSSR count). The number of carbonyl (C=O) groups is 1. The lowest BCUT2D eigenvalue weighted by Crippen LogP contribution is -2.38. The first-order valence-corrected chi connectivity index (χ1v) is 8.60. The Labute approximate surface area is 146 Å². The summed E-state index contributed by atoms with van der Waals surface area (Å²) < 4.78 is 26.3. The van der Waals surface area contributed by atoms with Gasteiger partial charge in [0.25, 0.3) is 0 Å². The zero-order valence-corrected chi connectivity index (χ0v) is 14.2.